The molecule has 0 amide bonds. The van der Waals surface area contributed by atoms with Crippen LogP contribution in [0.15, 0.2) is 0 Å². The number of carbonyl (C=O) groups excluding carboxylic acids is 2. The minimum Gasteiger partial charge on any atom is -0.469 e. The molecule has 14 heavy (non-hydrogen) atoms. The molecule has 0 fully saturated rings. The summed E-state index contributed by atoms with van der Waals surface area (Å²) in [7, 11) is 1.33. The molecule has 0 aliphatic carbocycles. The molecule has 0 aromatic heterocycles. The fourth-order valence-electron chi connectivity index (χ4n) is 1.52. The summed E-state index contributed by atoms with van der Waals surface area (Å²) in [4.78, 5) is 22.4. The highest BCUT2D eigenvalue weighted by molar-refractivity contribution is 6.64. The lowest BCUT2D eigenvalue weighted by Gasteiger charge is -2.29. The lowest BCUT2D eigenvalue weighted by molar-refractivity contribution is -0.152. The Morgan fingerprint density at radius 2 is 1.57 bits per heavy atom. The number of methoxy groups -OCH3 is 1. The molecule has 0 rings (SSSR count). The summed E-state index contributed by atoms with van der Waals surface area (Å²) in [6, 6.07) is 0. The van der Waals surface area contributed by atoms with Crippen LogP contribution in [-0.2, 0) is 14.3 Å². The van der Waals surface area contributed by atoms with E-state index in [1.807, 2.05) is 0 Å². The average molecular weight is 221 g/mol. The van der Waals surface area contributed by atoms with Crippen LogP contribution < -0.4 is 0 Å². The van der Waals surface area contributed by atoms with Crippen LogP contribution in [0.3, 0.4) is 0 Å². The molecule has 4 heteroatoms. The summed E-state index contributed by atoms with van der Waals surface area (Å²) >= 11 is 5.43. The third-order valence-electron chi connectivity index (χ3n) is 2.15. The highest BCUT2D eigenvalue weighted by atomic mass is 35.5. The molecule has 0 spiro atoms. The van der Waals surface area contributed by atoms with E-state index in [-0.39, 0.29) is 5.97 Å². The zero-order valence-corrected chi connectivity index (χ0v) is 10.1. The maximum atomic E-state index is 11.4. The predicted octanol–water partition coefficient (Wildman–Crippen LogP) is 2.37. The molecule has 0 N–H and O–H groups in total. The normalized spacial score (nSPS) is 12.4. The van der Waals surface area contributed by atoms with Crippen LogP contribution >= 0.6 is 11.6 Å². The van der Waals surface area contributed by atoms with E-state index in [0.29, 0.717) is 6.42 Å². The first kappa shape index (κ1) is 13.4. The minimum atomic E-state index is -0.709. The molecule has 0 radical (unpaired) electrons. The molecule has 0 aliphatic rings. The fourth-order valence-corrected chi connectivity index (χ4v) is 1.59. The highest BCUT2D eigenvalue weighted by Gasteiger charge is 2.38. The molecule has 82 valence electrons. The molecule has 0 aromatic rings. The van der Waals surface area contributed by atoms with Crippen LogP contribution in [0.25, 0.3) is 0 Å². The largest absolute Gasteiger partial charge is 0.469 e. The first-order chi connectivity index (χ1) is 6.13. The fraction of sp³-hybridized carbons (Fsp3) is 0.800. The summed E-state index contributed by atoms with van der Waals surface area (Å²) in [6.07, 6.45) is 0.370. The smallest absolute Gasteiger partial charge is 0.311 e. The monoisotopic (exact) mass is 220 g/mol. The number of hydrogen-bond acceptors (Lipinski definition) is 3. The molecule has 0 aromatic carbocycles. The Balaban J connectivity index is 4.66. The Labute approximate surface area is 89.8 Å². The van der Waals surface area contributed by atoms with Gasteiger partial charge in [-0.1, -0.05) is 13.8 Å². The molecule has 0 aliphatic heterocycles. The Morgan fingerprint density at radius 1 is 1.14 bits per heavy atom. The number of esters is 1. The van der Waals surface area contributed by atoms with E-state index in [4.69, 9.17) is 11.6 Å². The van der Waals surface area contributed by atoms with E-state index in [1.165, 1.54) is 7.11 Å². The van der Waals surface area contributed by atoms with Crippen molar-refractivity contribution in [3.05, 3.63) is 0 Å². The van der Waals surface area contributed by atoms with Gasteiger partial charge in [-0.3, -0.25) is 9.59 Å². The Bertz CT molecular complexity index is 244. The van der Waals surface area contributed by atoms with E-state index in [9.17, 15) is 9.59 Å². The van der Waals surface area contributed by atoms with Gasteiger partial charge in [-0.25, -0.2) is 0 Å². The van der Waals surface area contributed by atoms with E-state index in [0.717, 1.165) is 0 Å². The van der Waals surface area contributed by atoms with Crippen LogP contribution in [-0.4, -0.2) is 18.3 Å². The Morgan fingerprint density at radius 3 is 1.86 bits per heavy atom. The van der Waals surface area contributed by atoms with Crippen molar-refractivity contribution in [3.63, 3.8) is 0 Å². The summed E-state index contributed by atoms with van der Waals surface area (Å²) < 4.78 is 4.65. The first-order valence-corrected chi connectivity index (χ1v) is 4.79. The van der Waals surface area contributed by atoms with Gasteiger partial charge in [0.25, 0.3) is 0 Å². The van der Waals surface area contributed by atoms with E-state index >= 15 is 0 Å². The summed E-state index contributed by atoms with van der Waals surface area (Å²) in [6.45, 7) is 6.90. The zero-order chi connectivity index (χ0) is 11.6. The second-order valence-electron chi connectivity index (χ2n) is 4.71. The molecule has 0 unspecified atom stereocenters. The van der Waals surface area contributed by atoms with Crippen molar-refractivity contribution < 1.29 is 14.3 Å². The van der Waals surface area contributed by atoms with Gasteiger partial charge in [0.15, 0.2) is 0 Å². The first-order valence-electron chi connectivity index (χ1n) is 4.42. The van der Waals surface area contributed by atoms with Gasteiger partial charge < -0.3 is 4.74 Å². The molecule has 0 atom stereocenters. The van der Waals surface area contributed by atoms with Crippen LogP contribution in [0.5, 0.6) is 0 Å². The van der Waals surface area contributed by atoms with Gasteiger partial charge in [-0.05, 0) is 31.9 Å². The van der Waals surface area contributed by atoms with Gasteiger partial charge in [-0.2, -0.15) is 0 Å². The average Bonchev–Trinajstić information content (AvgIpc) is 2.00. The Kier molecular flexibility index (Phi) is 4.13. The van der Waals surface area contributed by atoms with Crippen LogP contribution in [0.1, 0.15) is 34.1 Å². The molecular weight excluding hydrogens is 204 g/mol. The van der Waals surface area contributed by atoms with Crippen molar-refractivity contribution in [2.75, 3.05) is 7.11 Å². The quantitative estimate of drug-likeness (QED) is 0.540. The number of hydrogen-bond donors (Lipinski definition) is 0. The second kappa shape index (κ2) is 4.30. The molecule has 0 saturated carbocycles. The maximum Gasteiger partial charge on any atom is 0.311 e. The van der Waals surface area contributed by atoms with Gasteiger partial charge in [0.05, 0.1) is 12.5 Å². The Hall–Kier alpha value is -0.570. The molecule has 3 nitrogen and oxygen atoms in total. The van der Waals surface area contributed by atoms with Gasteiger partial charge in [0.1, 0.15) is 0 Å². The highest BCUT2D eigenvalue weighted by Crippen LogP contribution is 2.36. The lowest BCUT2D eigenvalue weighted by Crippen LogP contribution is -2.34. The van der Waals surface area contributed by atoms with Crippen molar-refractivity contribution in [2.24, 2.45) is 10.8 Å². The summed E-state index contributed by atoms with van der Waals surface area (Å²) in [5.41, 5.74) is -1.40. The number of rotatable bonds is 4. The molecule has 0 heterocycles. The van der Waals surface area contributed by atoms with Gasteiger partial charge in [0, 0.05) is 5.41 Å². The maximum absolute atomic E-state index is 11.4. The van der Waals surface area contributed by atoms with Crippen molar-refractivity contribution in [1.82, 2.24) is 0 Å². The van der Waals surface area contributed by atoms with Gasteiger partial charge in [-0.15, -0.1) is 0 Å². The van der Waals surface area contributed by atoms with Crippen LogP contribution in [0.2, 0.25) is 0 Å². The molecular formula is C10H17ClO3. The van der Waals surface area contributed by atoms with Gasteiger partial charge in [0.2, 0.25) is 5.24 Å². The predicted molar refractivity (Wildman–Crippen MR) is 55.1 cm³/mol. The van der Waals surface area contributed by atoms with E-state index in [1.54, 1.807) is 27.7 Å². The third kappa shape index (κ3) is 3.29. The van der Waals surface area contributed by atoms with Crippen molar-refractivity contribution >= 4 is 22.8 Å². The number of ether oxygens (including phenoxy) is 1. The van der Waals surface area contributed by atoms with E-state index in [2.05, 4.69) is 4.74 Å². The van der Waals surface area contributed by atoms with Crippen molar-refractivity contribution in [2.45, 2.75) is 34.1 Å². The summed E-state index contributed by atoms with van der Waals surface area (Å²) in [5, 5.41) is -0.436. The van der Waals surface area contributed by atoms with Crippen LogP contribution in [0, 0.1) is 10.8 Å². The molecule has 0 bridgehead atoms. The van der Waals surface area contributed by atoms with E-state index < -0.39 is 16.1 Å². The minimum absolute atomic E-state index is 0.330. The third-order valence-corrected chi connectivity index (χ3v) is 2.67. The van der Waals surface area contributed by atoms with Crippen molar-refractivity contribution in [1.29, 1.82) is 0 Å². The summed E-state index contributed by atoms with van der Waals surface area (Å²) in [5.74, 6) is -0.330. The SMILES string of the molecule is COC(=O)C(C)(C)CC(C)(C)C(=O)Cl. The number of halogens is 1. The van der Waals surface area contributed by atoms with Gasteiger partial charge >= 0.3 is 5.97 Å². The topological polar surface area (TPSA) is 43.4 Å². The van der Waals surface area contributed by atoms with Crippen LogP contribution in [0.4, 0.5) is 0 Å². The number of carbonyl (C=O) groups is 2. The lowest BCUT2D eigenvalue weighted by atomic mass is 9.76. The second-order valence-corrected chi connectivity index (χ2v) is 5.05. The standard InChI is InChI=1S/C10H17ClO3/c1-9(2,7(11)12)6-10(3,4)8(13)14-5/h6H2,1-5H3. The molecule has 0 saturated heterocycles. The van der Waals surface area contributed by atoms with Crippen molar-refractivity contribution in [3.8, 4) is 0 Å². The zero-order valence-electron chi connectivity index (χ0n) is 9.31.